The second-order valence-electron chi connectivity index (χ2n) is 10.2. The van der Waals surface area contributed by atoms with Gasteiger partial charge in [-0.25, -0.2) is 13.8 Å². The highest BCUT2D eigenvalue weighted by atomic mass is 19.3. The molecule has 3 aliphatic rings. The van der Waals surface area contributed by atoms with E-state index in [0.29, 0.717) is 37.1 Å². The number of alkyl halides is 2. The fourth-order valence-corrected chi connectivity index (χ4v) is 5.90. The number of nitrogens with one attached hydrogen (secondary N) is 2. The Kier molecular flexibility index (Phi) is 5.42. The van der Waals surface area contributed by atoms with Gasteiger partial charge in [-0.1, -0.05) is 18.2 Å². The topological polar surface area (TPSA) is 100 Å². The summed E-state index contributed by atoms with van der Waals surface area (Å²) in [6, 6.07) is 9.52. The van der Waals surface area contributed by atoms with E-state index < -0.39 is 11.3 Å². The minimum absolute atomic E-state index is 0.0420. The highest BCUT2D eigenvalue weighted by Gasteiger charge is 2.52. The number of amides is 2. The number of carbonyl (C=O) groups is 2. The predicted molar refractivity (Wildman–Crippen MR) is 128 cm³/mol. The number of H-pyrrole nitrogens is 1. The molecular weight excluding hydrogens is 468 g/mol. The van der Waals surface area contributed by atoms with Gasteiger partial charge in [-0.05, 0) is 49.3 Å². The third kappa shape index (κ3) is 3.98. The standard InChI is InChI=1S/C26H27F2N5O3/c27-26(28)10-16(11-26)12-29-22(34)15-33-21-4-2-1-3-20(21)25(24(33)35)7-5-18(6-8-25)36-19-9-17-13-31-32-23(17)30-14-19/h1-4,9,13-14,16,18H,5-8,10-12,15H2,(H,29,34)(H,30,31,32). The molecule has 0 bridgehead atoms. The molecule has 8 nitrogen and oxygen atoms in total. The SMILES string of the molecule is O=C(CN1C(=O)C2(CCC(Oc3cnc4[nH]ncc4c3)CC2)c2ccccc21)NCC1CC(F)(F)C1. The van der Waals surface area contributed by atoms with Crippen molar-refractivity contribution in [3.63, 3.8) is 0 Å². The van der Waals surface area contributed by atoms with Crippen LogP contribution in [0.1, 0.15) is 44.1 Å². The number of rotatable bonds is 6. The van der Waals surface area contributed by atoms with Crippen molar-refractivity contribution in [3.05, 3.63) is 48.3 Å². The number of carbonyl (C=O) groups excluding carboxylic acids is 2. The highest BCUT2D eigenvalue weighted by Crippen LogP contribution is 2.50. The zero-order chi connectivity index (χ0) is 24.9. The average Bonchev–Trinajstić information content (AvgIpc) is 3.40. The first-order valence-corrected chi connectivity index (χ1v) is 12.3. The molecule has 0 saturated heterocycles. The number of hydrogen-bond donors (Lipinski definition) is 2. The molecule has 2 N–H and O–H groups in total. The minimum Gasteiger partial charge on any atom is -0.489 e. The second-order valence-corrected chi connectivity index (χ2v) is 10.2. The first-order valence-electron chi connectivity index (χ1n) is 12.3. The number of benzene rings is 1. The molecule has 1 spiro atoms. The van der Waals surface area contributed by atoms with E-state index in [4.69, 9.17) is 4.74 Å². The van der Waals surface area contributed by atoms with Crippen molar-refractivity contribution in [2.75, 3.05) is 18.0 Å². The lowest BCUT2D eigenvalue weighted by Crippen LogP contribution is -2.48. The van der Waals surface area contributed by atoms with E-state index in [1.165, 1.54) is 0 Å². The maximum Gasteiger partial charge on any atom is 0.248 e. The molecule has 3 aromatic rings. The van der Waals surface area contributed by atoms with Gasteiger partial charge < -0.3 is 15.0 Å². The van der Waals surface area contributed by atoms with Gasteiger partial charge in [0.2, 0.25) is 17.7 Å². The quantitative estimate of drug-likeness (QED) is 0.543. The fourth-order valence-electron chi connectivity index (χ4n) is 5.90. The van der Waals surface area contributed by atoms with E-state index in [2.05, 4.69) is 20.5 Å². The van der Waals surface area contributed by atoms with E-state index >= 15 is 0 Å². The Morgan fingerprint density at radius 3 is 2.75 bits per heavy atom. The maximum absolute atomic E-state index is 13.7. The summed E-state index contributed by atoms with van der Waals surface area (Å²) in [7, 11) is 0. The third-order valence-electron chi connectivity index (χ3n) is 7.78. The molecule has 10 heteroatoms. The van der Waals surface area contributed by atoms with Crippen molar-refractivity contribution < 1.29 is 23.1 Å². The van der Waals surface area contributed by atoms with Gasteiger partial charge in [0.15, 0.2) is 5.65 Å². The molecule has 2 amide bonds. The number of fused-ring (bicyclic) bond motifs is 3. The minimum atomic E-state index is -2.61. The molecule has 2 aliphatic carbocycles. The first-order chi connectivity index (χ1) is 17.3. The van der Waals surface area contributed by atoms with E-state index in [-0.39, 0.29) is 49.8 Å². The maximum atomic E-state index is 13.7. The number of aromatic nitrogens is 3. The van der Waals surface area contributed by atoms with Gasteiger partial charge in [-0.3, -0.25) is 14.7 Å². The van der Waals surface area contributed by atoms with Crippen molar-refractivity contribution in [2.45, 2.75) is 56.0 Å². The van der Waals surface area contributed by atoms with Crippen molar-refractivity contribution in [2.24, 2.45) is 5.92 Å². The van der Waals surface area contributed by atoms with Gasteiger partial charge in [0.25, 0.3) is 0 Å². The van der Waals surface area contributed by atoms with E-state index in [1.807, 2.05) is 30.3 Å². The van der Waals surface area contributed by atoms with Crippen molar-refractivity contribution in [1.82, 2.24) is 20.5 Å². The summed E-state index contributed by atoms with van der Waals surface area (Å²) in [6.07, 6.45) is 5.55. The molecule has 3 heterocycles. The molecule has 2 saturated carbocycles. The van der Waals surface area contributed by atoms with Crippen LogP contribution >= 0.6 is 0 Å². The van der Waals surface area contributed by atoms with Crippen LogP contribution in [-0.4, -0.2) is 52.1 Å². The summed E-state index contributed by atoms with van der Waals surface area (Å²) in [5, 5.41) is 10.4. The number of ether oxygens (including phenoxy) is 1. The lowest BCUT2D eigenvalue weighted by atomic mass is 9.69. The van der Waals surface area contributed by atoms with Crippen LogP contribution < -0.4 is 15.0 Å². The van der Waals surface area contributed by atoms with Gasteiger partial charge in [-0.2, -0.15) is 5.10 Å². The Hall–Kier alpha value is -3.56. The molecule has 0 unspecified atom stereocenters. The van der Waals surface area contributed by atoms with Crippen LogP contribution in [0.4, 0.5) is 14.5 Å². The van der Waals surface area contributed by atoms with Crippen LogP contribution in [0.15, 0.2) is 42.7 Å². The second kappa shape index (κ2) is 8.53. The van der Waals surface area contributed by atoms with Gasteiger partial charge in [0, 0.05) is 30.5 Å². The van der Waals surface area contributed by atoms with Crippen LogP contribution in [0.3, 0.4) is 0 Å². The zero-order valence-electron chi connectivity index (χ0n) is 19.7. The number of nitrogens with zero attached hydrogens (tertiary/aromatic N) is 3. The Morgan fingerprint density at radius 1 is 1.19 bits per heavy atom. The summed E-state index contributed by atoms with van der Waals surface area (Å²) in [4.78, 5) is 32.2. The summed E-state index contributed by atoms with van der Waals surface area (Å²) >= 11 is 0. The predicted octanol–water partition coefficient (Wildman–Crippen LogP) is 3.73. The van der Waals surface area contributed by atoms with Gasteiger partial charge in [-0.15, -0.1) is 0 Å². The van der Waals surface area contributed by atoms with Crippen LogP contribution in [0.5, 0.6) is 5.75 Å². The van der Waals surface area contributed by atoms with Gasteiger partial charge in [0.05, 0.1) is 23.9 Å². The normalized spacial score (nSPS) is 20.9. The number of pyridine rings is 1. The Bertz CT molecular complexity index is 1310. The Labute approximate surface area is 206 Å². The third-order valence-corrected chi connectivity index (χ3v) is 7.78. The molecule has 0 radical (unpaired) electrons. The molecule has 2 aromatic heterocycles. The van der Waals surface area contributed by atoms with Gasteiger partial charge in [0.1, 0.15) is 12.3 Å². The molecule has 0 atom stereocenters. The Balaban J connectivity index is 1.12. The van der Waals surface area contributed by atoms with E-state index in [0.717, 1.165) is 16.6 Å². The van der Waals surface area contributed by atoms with Crippen LogP contribution in [0.2, 0.25) is 0 Å². The zero-order valence-corrected chi connectivity index (χ0v) is 19.7. The molecule has 6 rings (SSSR count). The van der Waals surface area contributed by atoms with Crippen LogP contribution in [0, 0.1) is 5.92 Å². The number of hydrogen-bond acceptors (Lipinski definition) is 5. The Morgan fingerprint density at radius 2 is 1.97 bits per heavy atom. The number of anilines is 1. The van der Waals surface area contributed by atoms with Crippen molar-refractivity contribution in [3.8, 4) is 5.75 Å². The molecule has 2 fully saturated rings. The summed E-state index contributed by atoms with van der Waals surface area (Å²) in [6.45, 7) is 0.0960. The summed E-state index contributed by atoms with van der Waals surface area (Å²) in [5.74, 6) is -2.56. The largest absolute Gasteiger partial charge is 0.489 e. The first kappa shape index (κ1) is 22.9. The van der Waals surface area contributed by atoms with Crippen LogP contribution in [0.25, 0.3) is 11.0 Å². The molecule has 36 heavy (non-hydrogen) atoms. The smallest absolute Gasteiger partial charge is 0.248 e. The molecule has 1 aliphatic heterocycles. The van der Waals surface area contributed by atoms with Crippen molar-refractivity contribution in [1.29, 1.82) is 0 Å². The lowest BCUT2D eigenvalue weighted by Gasteiger charge is -2.36. The number of para-hydroxylation sites is 1. The van der Waals surface area contributed by atoms with Gasteiger partial charge >= 0.3 is 0 Å². The van der Waals surface area contributed by atoms with Crippen molar-refractivity contribution >= 4 is 28.5 Å². The summed E-state index contributed by atoms with van der Waals surface area (Å²) < 4.78 is 32.3. The average molecular weight is 496 g/mol. The fraction of sp³-hybridized carbons (Fsp3) is 0.462. The summed E-state index contributed by atoms with van der Waals surface area (Å²) in [5.41, 5.74) is 1.72. The van der Waals surface area contributed by atoms with Crippen LogP contribution in [-0.2, 0) is 15.0 Å². The monoisotopic (exact) mass is 495 g/mol. The van der Waals surface area contributed by atoms with E-state index in [9.17, 15) is 18.4 Å². The number of halogens is 2. The van der Waals surface area contributed by atoms with E-state index in [1.54, 1.807) is 17.3 Å². The number of aromatic amines is 1. The molecule has 1 aromatic carbocycles. The lowest BCUT2D eigenvalue weighted by molar-refractivity contribution is -0.128. The highest BCUT2D eigenvalue weighted by molar-refractivity contribution is 6.10. The molecular formula is C26H27F2N5O3. The molecule has 188 valence electrons.